The van der Waals surface area contributed by atoms with E-state index in [4.69, 9.17) is 4.74 Å². The zero-order valence-corrected chi connectivity index (χ0v) is 12.4. The Morgan fingerprint density at radius 2 is 1.53 bits per heavy atom. The molecule has 0 aromatic rings. The van der Waals surface area contributed by atoms with Crippen molar-refractivity contribution >= 4 is 17.5 Å². The Balaban J connectivity index is 4.06. The van der Waals surface area contributed by atoms with E-state index in [2.05, 4.69) is 6.92 Å². The van der Waals surface area contributed by atoms with Crippen molar-refractivity contribution in [3.8, 4) is 0 Å². The van der Waals surface area contributed by atoms with Gasteiger partial charge in [-0.3, -0.25) is 14.4 Å². The van der Waals surface area contributed by atoms with Gasteiger partial charge in [0.1, 0.15) is 0 Å². The quantitative estimate of drug-likeness (QED) is 0.329. The number of Topliss-reactive ketones (excluding diaryl/α,β-unsaturated/α-hetero) is 2. The van der Waals surface area contributed by atoms with Gasteiger partial charge in [0.15, 0.2) is 17.5 Å². The molecule has 4 nitrogen and oxygen atoms in total. The van der Waals surface area contributed by atoms with Crippen LogP contribution in [-0.4, -0.2) is 24.1 Å². The van der Waals surface area contributed by atoms with Crippen LogP contribution in [0.3, 0.4) is 0 Å². The van der Waals surface area contributed by atoms with Gasteiger partial charge in [-0.05, 0) is 20.3 Å². The zero-order chi connectivity index (χ0) is 14.7. The number of hydrogen-bond donors (Lipinski definition) is 0. The molecule has 0 bridgehead atoms. The Labute approximate surface area is 115 Å². The number of rotatable bonds is 11. The first kappa shape index (κ1) is 17.8. The fourth-order valence-corrected chi connectivity index (χ4v) is 1.97. The Bertz CT molecular complexity index is 297. The molecular weight excluding hydrogens is 244 g/mol. The second kappa shape index (κ2) is 10.7. The van der Waals surface area contributed by atoms with Crippen molar-refractivity contribution in [3.05, 3.63) is 0 Å². The van der Waals surface area contributed by atoms with E-state index in [0.717, 1.165) is 19.3 Å². The lowest BCUT2D eigenvalue weighted by Crippen LogP contribution is -2.32. The lowest BCUT2D eigenvalue weighted by molar-refractivity contribution is -0.154. The summed E-state index contributed by atoms with van der Waals surface area (Å²) < 4.78 is 4.77. The molecule has 0 amide bonds. The molecule has 0 N–H and O–H groups in total. The van der Waals surface area contributed by atoms with Crippen molar-refractivity contribution in [1.29, 1.82) is 0 Å². The Morgan fingerprint density at radius 1 is 0.947 bits per heavy atom. The molecule has 19 heavy (non-hydrogen) atoms. The highest BCUT2D eigenvalue weighted by Crippen LogP contribution is 2.12. The van der Waals surface area contributed by atoms with E-state index in [9.17, 15) is 14.4 Å². The standard InChI is InChI=1S/C15H26O4/c1-4-6-7-8-9-10-11-13(17)14(12(3)16)15(18)19-5-2/h14H,4-11H2,1-3H3. The summed E-state index contributed by atoms with van der Waals surface area (Å²) in [6.45, 7) is 5.27. The minimum Gasteiger partial charge on any atom is -0.465 e. The van der Waals surface area contributed by atoms with E-state index in [1.54, 1.807) is 6.92 Å². The van der Waals surface area contributed by atoms with Gasteiger partial charge in [-0.2, -0.15) is 0 Å². The molecular formula is C15H26O4. The van der Waals surface area contributed by atoms with Gasteiger partial charge in [0.05, 0.1) is 6.61 Å². The van der Waals surface area contributed by atoms with E-state index < -0.39 is 17.7 Å². The number of carbonyl (C=O) groups is 3. The summed E-state index contributed by atoms with van der Waals surface area (Å²) in [6, 6.07) is 0. The summed E-state index contributed by atoms with van der Waals surface area (Å²) in [5.41, 5.74) is 0. The molecule has 0 saturated carbocycles. The average Bonchev–Trinajstić information content (AvgIpc) is 2.33. The Hall–Kier alpha value is -1.19. The van der Waals surface area contributed by atoms with Crippen LogP contribution in [0.4, 0.5) is 0 Å². The first-order chi connectivity index (χ1) is 9.04. The second-order valence-corrected chi connectivity index (χ2v) is 4.78. The smallest absolute Gasteiger partial charge is 0.324 e. The van der Waals surface area contributed by atoms with Gasteiger partial charge in [-0.25, -0.2) is 0 Å². The maximum atomic E-state index is 11.9. The van der Waals surface area contributed by atoms with Crippen LogP contribution in [0.1, 0.15) is 65.7 Å². The lowest BCUT2D eigenvalue weighted by Gasteiger charge is -2.11. The maximum Gasteiger partial charge on any atom is 0.324 e. The zero-order valence-electron chi connectivity index (χ0n) is 12.4. The summed E-state index contributed by atoms with van der Waals surface area (Å²) in [5, 5.41) is 0. The number of esters is 1. The van der Waals surface area contributed by atoms with Gasteiger partial charge in [0.25, 0.3) is 0 Å². The van der Waals surface area contributed by atoms with Crippen molar-refractivity contribution in [1.82, 2.24) is 0 Å². The van der Waals surface area contributed by atoms with Crippen LogP contribution in [0.25, 0.3) is 0 Å². The van der Waals surface area contributed by atoms with Crippen molar-refractivity contribution in [2.45, 2.75) is 65.7 Å². The van der Waals surface area contributed by atoms with Crippen LogP contribution in [0.2, 0.25) is 0 Å². The van der Waals surface area contributed by atoms with Gasteiger partial charge in [-0.1, -0.05) is 39.0 Å². The number of unbranched alkanes of at least 4 members (excludes halogenated alkanes) is 5. The monoisotopic (exact) mass is 270 g/mol. The van der Waals surface area contributed by atoms with Crippen LogP contribution in [-0.2, 0) is 19.1 Å². The third-order valence-electron chi connectivity index (χ3n) is 3.03. The molecule has 0 aliphatic heterocycles. The molecule has 4 heteroatoms. The molecule has 0 aliphatic rings. The molecule has 0 saturated heterocycles. The van der Waals surface area contributed by atoms with Crippen LogP contribution >= 0.6 is 0 Å². The minimum atomic E-state index is -1.21. The summed E-state index contributed by atoms with van der Waals surface area (Å²) in [6.07, 6.45) is 6.69. The van der Waals surface area contributed by atoms with Crippen molar-refractivity contribution < 1.29 is 19.1 Å². The summed E-state index contributed by atoms with van der Waals surface area (Å²) in [7, 11) is 0. The van der Waals surface area contributed by atoms with E-state index in [-0.39, 0.29) is 18.8 Å². The van der Waals surface area contributed by atoms with Gasteiger partial charge >= 0.3 is 5.97 Å². The van der Waals surface area contributed by atoms with Gasteiger partial charge < -0.3 is 4.74 Å². The molecule has 0 aliphatic carbocycles. The van der Waals surface area contributed by atoms with E-state index >= 15 is 0 Å². The van der Waals surface area contributed by atoms with Crippen molar-refractivity contribution in [2.75, 3.05) is 6.61 Å². The number of ketones is 2. The van der Waals surface area contributed by atoms with E-state index in [0.29, 0.717) is 0 Å². The van der Waals surface area contributed by atoms with Crippen LogP contribution < -0.4 is 0 Å². The van der Waals surface area contributed by atoms with Crippen LogP contribution in [0, 0.1) is 5.92 Å². The Morgan fingerprint density at radius 3 is 2.05 bits per heavy atom. The van der Waals surface area contributed by atoms with Gasteiger partial charge in [-0.15, -0.1) is 0 Å². The fourth-order valence-electron chi connectivity index (χ4n) is 1.97. The maximum absolute atomic E-state index is 11.9. The Kier molecular flexibility index (Phi) is 10.0. The molecule has 0 spiro atoms. The third-order valence-corrected chi connectivity index (χ3v) is 3.03. The number of hydrogen-bond acceptors (Lipinski definition) is 4. The molecule has 0 fully saturated rings. The number of ether oxygens (including phenoxy) is 1. The predicted octanol–water partition coefficient (Wildman–Crippen LogP) is 3.07. The number of carbonyl (C=O) groups excluding carboxylic acids is 3. The molecule has 1 atom stereocenters. The molecule has 0 heterocycles. The minimum absolute atomic E-state index is 0.187. The largest absolute Gasteiger partial charge is 0.465 e. The summed E-state index contributed by atoms with van der Waals surface area (Å²) in [5.74, 6) is -2.64. The lowest BCUT2D eigenvalue weighted by atomic mass is 9.95. The average molecular weight is 270 g/mol. The molecule has 1 unspecified atom stereocenters. The SMILES string of the molecule is CCCCCCCCC(=O)C(C(C)=O)C(=O)OCC. The van der Waals surface area contributed by atoms with Gasteiger partial charge in [0.2, 0.25) is 0 Å². The van der Waals surface area contributed by atoms with Crippen molar-refractivity contribution in [2.24, 2.45) is 5.92 Å². The molecule has 0 rings (SSSR count). The highest BCUT2D eigenvalue weighted by molar-refractivity contribution is 6.16. The van der Waals surface area contributed by atoms with Crippen LogP contribution in [0.15, 0.2) is 0 Å². The van der Waals surface area contributed by atoms with E-state index in [1.807, 2.05) is 0 Å². The first-order valence-corrected chi connectivity index (χ1v) is 7.24. The summed E-state index contributed by atoms with van der Waals surface area (Å²) in [4.78, 5) is 34.8. The molecule has 0 aromatic carbocycles. The predicted molar refractivity (Wildman–Crippen MR) is 73.8 cm³/mol. The normalized spacial score (nSPS) is 11.9. The highest BCUT2D eigenvalue weighted by Gasteiger charge is 2.31. The fraction of sp³-hybridized carbons (Fsp3) is 0.800. The van der Waals surface area contributed by atoms with Crippen LogP contribution in [0.5, 0.6) is 0 Å². The molecule has 110 valence electrons. The van der Waals surface area contributed by atoms with Crippen molar-refractivity contribution in [3.63, 3.8) is 0 Å². The molecule has 0 aromatic heterocycles. The van der Waals surface area contributed by atoms with Gasteiger partial charge in [0, 0.05) is 6.42 Å². The topological polar surface area (TPSA) is 60.4 Å². The summed E-state index contributed by atoms with van der Waals surface area (Å²) >= 11 is 0. The first-order valence-electron chi connectivity index (χ1n) is 7.24. The third kappa shape index (κ3) is 7.75. The highest BCUT2D eigenvalue weighted by atomic mass is 16.5. The second-order valence-electron chi connectivity index (χ2n) is 4.78. The molecule has 0 radical (unpaired) electrons. The van der Waals surface area contributed by atoms with E-state index in [1.165, 1.54) is 26.2 Å².